The molecule has 9 aromatic carbocycles. The molecule has 9 aromatic rings. The molecule has 0 N–H and O–H groups in total. The summed E-state index contributed by atoms with van der Waals surface area (Å²) in [5, 5.41) is 2.44. The Kier molecular flexibility index (Phi) is 7.76. The monoisotopic (exact) mass is 803 g/mol. The second kappa shape index (κ2) is 13.5. The molecule has 0 bridgehead atoms. The fraction of sp³-hybridized carbons (Fsp3) is 0.0968. The summed E-state index contributed by atoms with van der Waals surface area (Å²) in [6.07, 6.45) is 9.40. The number of para-hydroxylation sites is 1. The van der Waals surface area contributed by atoms with Crippen LogP contribution in [-0.2, 0) is 10.8 Å². The number of hydrogen-bond acceptors (Lipinski definition) is 1. The van der Waals surface area contributed by atoms with Crippen LogP contribution in [0.4, 0.5) is 17.1 Å². The van der Waals surface area contributed by atoms with Gasteiger partial charge in [-0.15, -0.1) is 0 Å². The molecule has 1 nitrogen and oxygen atoms in total. The first-order chi connectivity index (χ1) is 31.0. The van der Waals surface area contributed by atoms with Gasteiger partial charge in [-0.2, -0.15) is 0 Å². The standard InChI is InChI=1S/C62H45N/c1-61(2)54-23-11-6-19-48(54)52-35-33-46(39-58(52)61)63(60-27-15-10-18-47(60)40-16-4-3-5-17-40)45-32-30-42-36-41(28-29-43(42)37-45)44-31-34-53-51-22-9-14-26-57(51)62(59(53)38-44)55-24-12-7-20-49(55)50-21-8-13-25-56(50)62/h3-39,49,55H,1-2H3. The first-order valence-corrected chi connectivity index (χ1v) is 22.4. The van der Waals surface area contributed by atoms with Crippen molar-refractivity contribution in [2.24, 2.45) is 5.92 Å². The summed E-state index contributed by atoms with van der Waals surface area (Å²) in [6.45, 7) is 4.73. The molecule has 0 saturated carbocycles. The quantitative estimate of drug-likeness (QED) is 0.168. The molecule has 3 atom stereocenters. The number of allylic oxidation sites excluding steroid dienone is 4. The molecule has 4 aliphatic carbocycles. The van der Waals surface area contributed by atoms with Crippen LogP contribution in [-0.4, -0.2) is 0 Å². The van der Waals surface area contributed by atoms with Crippen molar-refractivity contribution in [3.63, 3.8) is 0 Å². The SMILES string of the molecule is CC1(C)c2ccccc2-c2ccc(N(c3ccc4cc(-c5ccc6c(c5)C5(c7ccccc7-6)c6ccccc6C6C=CC=CC65)ccc4c3)c3ccccc3-c3ccccc3)cc21. The van der Waals surface area contributed by atoms with Gasteiger partial charge in [-0.05, 0) is 126 Å². The van der Waals surface area contributed by atoms with Crippen LogP contribution < -0.4 is 4.90 Å². The number of nitrogens with zero attached hydrogens (tertiary/aromatic N) is 1. The minimum absolute atomic E-state index is 0.112. The molecule has 0 fully saturated rings. The second-order valence-corrected chi connectivity index (χ2v) is 18.4. The van der Waals surface area contributed by atoms with Crippen molar-refractivity contribution in [1.29, 1.82) is 0 Å². The van der Waals surface area contributed by atoms with Crippen molar-refractivity contribution in [3.8, 4) is 44.5 Å². The molecule has 0 amide bonds. The number of anilines is 3. The third kappa shape index (κ3) is 5.11. The summed E-state index contributed by atoms with van der Waals surface area (Å²) < 4.78 is 0. The Morgan fingerprint density at radius 3 is 1.81 bits per heavy atom. The zero-order valence-corrected chi connectivity index (χ0v) is 35.5. The highest BCUT2D eigenvalue weighted by molar-refractivity contribution is 5.96. The Hall–Kier alpha value is -7.48. The highest BCUT2D eigenvalue weighted by Crippen LogP contribution is 2.65. The summed E-state index contributed by atoms with van der Waals surface area (Å²) in [7, 11) is 0. The van der Waals surface area contributed by atoms with Gasteiger partial charge in [-0.3, -0.25) is 0 Å². The zero-order valence-electron chi connectivity index (χ0n) is 35.5. The van der Waals surface area contributed by atoms with Crippen LogP contribution in [0, 0.1) is 5.92 Å². The average Bonchev–Trinajstić information content (AvgIpc) is 3.90. The van der Waals surface area contributed by atoms with Gasteiger partial charge in [0.1, 0.15) is 0 Å². The van der Waals surface area contributed by atoms with Crippen LogP contribution in [0.5, 0.6) is 0 Å². The molecule has 13 rings (SSSR count). The number of fused-ring (bicyclic) bond motifs is 14. The molecular formula is C62H45N. The van der Waals surface area contributed by atoms with Crippen LogP contribution >= 0.6 is 0 Å². The van der Waals surface area contributed by atoms with E-state index in [-0.39, 0.29) is 10.8 Å². The maximum atomic E-state index is 2.52. The van der Waals surface area contributed by atoms with Crippen LogP contribution in [0.1, 0.15) is 53.1 Å². The van der Waals surface area contributed by atoms with E-state index in [2.05, 4.69) is 243 Å². The molecule has 1 spiro atoms. The van der Waals surface area contributed by atoms with Gasteiger partial charge >= 0.3 is 0 Å². The van der Waals surface area contributed by atoms with Crippen molar-refractivity contribution < 1.29 is 0 Å². The molecule has 0 heterocycles. The predicted octanol–water partition coefficient (Wildman–Crippen LogP) is 16.1. The van der Waals surface area contributed by atoms with E-state index >= 15 is 0 Å². The largest absolute Gasteiger partial charge is 0.310 e. The lowest BCUT2D eigenvalue weighted by Crippen LogP contribution is -2.32. The molecule has 0 saturated heterocycles. The summed E-state index contributed by atoms with van der Waals surface area (Å²) in [5.74, 6) is 0.664. The van der Waals surface area contributed by atoms with Gasteiger partial charge in [0.15, 0.2) is 0 Å². The summed E-state index contributed by atoms with van der Waals surface area (Å²) in [6, 6.07) is 75.3. The molecule has 3 unspecified atom stereocenters. The molecule has 0 radical (unpaired) electrons. The van der Waals surface area contributed by atoms with E-state index < -0.39 is 0 Å². The highest BCUT2D eigenvalue weighted by Gasteiger charge is 2.57. The lowest BCUT2D eigenvalue weighted by molar-refractivity contribution is 0.465. The van der Waals surface area contributed by atoms with Gasteiger partial charge in [0, 0.05) is 34.2 Å². The van der Waals surface area contributed by atoms with Crippen molar-refractivity contribution in [2.75, 3.05) is 4.90 Å². The second-order valence-electron chi connectivity index (χ2n) is 18.4. The van der Waals surface area contributed by atoms with Gasteiger partial charge in [0.2, 0.25) is 0 Å². The van der Waals surface area contributed by atoms with Gasteiger partial charge in [0.25, 0.3) is 0 Å². The Labute approximate surface area is 370 Å². The Morgan fingerprint density at radius 1 is 0.381 bits per heavy atom. The van der Waals surface area contributed by atoms with Crippen molar-refractivity contribution >= 4 is 27.8 Å². The minimum atomic E-state index is -0.245. The lowest BCUT2D eigenvalue weighted by Gasteiger charge is -2.36. The van der Waals surface area contributed by atoms with E-state index in [1.54, 1.807) is 0 Å². The lowest BCUT2D eigenvalue weighted by atomic mass is 9.65. The number of benzene rings is 9. The summed E-state index contributed by atoms with van der Waals surface area (Å²) >= 11 is 0. The van der Waals surface area contributed by atoms with Gasteiger partial charge < -0.3 is 4.90 Å². The van der Waals surface area contributed by atoms with Crippen LogP contribution in [0.2, 0.25) is 0 Å². The maximum absolute atomic E-state index is 2.52. The van der Waals surface area contributed by atoms with E-state index in [0.717, 1.165) is 17.1 Å². The topological polar surface area (TPSA) is 3.24 Å². The molecule has 0 aliphatic heterocycles. The molecule has 1 heteroatoms. The fourth-order valence-corrected chi connectivity index (χ4v) is 12.1. The van der Waals surface area contributed by atoms with E-state index in [9.17, 15) is 0 Å². The first-order valence-electron chi connectivity index (χ1n) is 22.4. The third-order valence-corrected chi connectivity index (χ3v) is 14.9. The van der Waals surface area contributed by atoms with E-state index in [1.165, 1.54) is 88.7 Å². The Morgan fingerprint density at radius 2 is 0.952 bits per heavy atom. The van der Waals surface area contributed by atoms with E-state index in [0.29, 0.717) is 11.8 Å². The van der Waals surface area contributed by atoms with Crippen LogP contribution in [0.15, 0.2) is 224 Å². The first kappa shape index (κ1) is 36.2. The normalized spacial score (nSPS) is 19.0. The summed E-state index contributed by atoms with van der Waals surface area (Å²) in [5.41, 5.74) is 21.8. The van der Waals surface area contributed by atoms with Crippen LogP contribution in [0.3, 0.4) is 0 Å². The van der Waals surface area contributed by atoms with Gasteiger partial charge in [-0.25, -0.2) is 0 Å². The molecule has 0 aromatic heterocycles. The van der Waals surface area contributed by atoms with Gasteiger partial charge in [-0.1, -0.05) is 196 Å². The average molecular weight is 804 g/mol. The van der Waals surface area contributed by atoms with Crippen LogP contribution in [0.25, 0.3) is 55.3 Å². The number of hydrogen-bond donors (Lipinski definition) is 0. The predicted molar refractivity (Wildman–Crippen MR) is 263 cm³/mol. The molecule has 298 valence electrons. The summed E-state index contributed by atoms with van der Waals surface area (Å²) in [4.78, 5) is 2.47. The maximum Gasteiger partial charge on any atom is 0.0540 e. The Bertz CT molecular complexity index is 3400. The minimum Gasteiger partial charge on any atom is -0.310 e. The van der Waals surface area contributed by atoms with Gasteiger partial charge in [0.05, 0.1) is 11.1 Å². The molecule has 4 aliphatic rings. The highest BCUT2D eigenvalue weighted by atomic mass is 15.1. The number of rotatable bonds is 5. The van der Waals surface area contributed by atoms with E-state index in [4.69, 9.17) is 0 Å². The smallest absolute Gasteiger partial charge is 0.0540 e. The van der Waals surface area contributed by atoms with Crippen molar-refractivity contribution in [1.82, 2.24) is 0 Å². The molecule has 63 heavy (non-hydrogen) atoms. The zero-order chi connectivity index (χ0) is 41.9. The molecular weight excluding hydrogens is 759 g/mol. The fourth-order valence-electron chi connectivity index (χ4n) is 12.1. The van der Waals surface area contributed by atoms with E-state index in [1.807, 2.05) is 0 Å². The van der Waals surface area contributed by atoms with Crippen molar-refractivity contribution in [3.05, 3.63) is 258 Å². The third-order valence-electron chi connectivity index (χ3n) is 14.9. The van der Waals surface area contributed by atoms with Crippen molar-refractivity contribution in [2.45, 2.75) is 30.6 Å². The Balaban J connectivity index is 0.943.